The van der Waals surface area contributed by atoms with Gasteiger partial charge in [0.2, 0.25) is 0 Å². The molecule has 0 aliphatic carbocycles. The highest BCUT2D eigenvalue weighted by Gasteiger charge is 2.42. The second kappa shape index (κ2) is 5.44. The van der Waals surface area contributed by atoms with Crippen LogP contribution in [-0.4, -0.2) is 29.1 Å². The molecule has 0 aliphatic rings. The lowest BCUT2D eigenvalue weighted by Gasteiger charge is -2.22. The molecule has 0 spiro atoms. The van der Waals surface area contributed by atoms with Gasteiger partial charge in [-0.1, -0.05) is 19.8 Å². The Labute approximate surface area is 75.4 Å². The number of hydrogen-bond acceptors (Lipinski definition) is 2. The number of aliphatic hydroxyl groups excluding tert-OH is 2. The fourth-order valence-corrected chi connectivity index (χ4v) is 1.08. The van der Waals surface area contributed by atoms with Crippen LogP contribution >= 0.6 is 0 Å². The summed E-state index contributed by atoms with van der Waals surface area (Å²) in [5.41, 5.74) is 0. The van der Waals surface area contributed by atoms with E-state index in [0.717, 1.165) is 6.42 Å². The van der Waals surface area contributed by atoms with E-state index in [4.69, 9.17) is 10.2 Å². The number of aliphatic hydroxyl groups is 2. The summed E-state index contributed by atoms with van der Waals surface area (Å²) in [7, 11) is 0. The molecule has 0 saturated carbocycles. The van der Waals surface area contributed by atoms with Gasteiger partial charge in [0.15, 0.2) is 6.10 Å². The largest absolute Gasteiger partial charge is 0.414 e. The molecule has 0 unspecified atom stereocenters. The molecule has 0 aromatic rings. The first-order valence-electron chi connectivity index (χ1n) is 4.29. The fraction of sp³-hybridized carbons (Fsp3) is 1.00. The molecular weight excluding hydrogens is 185 g/mol. The quantitative estimate of drug-likeness (QED) is 0.709. The van der Waals surface area contributed by atoms with Crippen molar-refractivity contribution in [3.63, 3.8) is 0 Å². The summed E-state index contributed by atoms with van der Waals surface area (Å²) in [6.07, 6.45) is -5.49. The SMILES string of the molecule is CCCC[C@@H](CO)[C@@H](O)C(F)(F)F. The van der Waals surface area contributed by atoms with Crippen molar-refractivity contribution in [2.24, 2.45) is 5.92 Å². The van der Waals surface area contributed by atoms with Crippen molar-refractivity contribution in [2.75, 3.05) is 6.61 Å². The monoisotopic (exact) mass is 200 g/mol. The normalized spacial score (nSPS) is 17.1. The van der Waals surface area contributed by atoms with E-state index in [0.29, 0.717) is 6.42 Å². The lowest BCUT2D eigenvalue weighted by molar-refractivity contribution is -0.223. The highest BCUT2D eigenvalue weighted by Crippen LogP contribution is 2.27. The highest BCUT2D eigenvalue weighted by molar-refractivity contribution is 4.74. The van der Waals surface area contributed by atoms with Crippen molar-refractivity contribution >= 4 is 0 Å². The highest BCUT2D eigenvalue weighted by atomic mass is 19.4. The number of unbranched alkanes of at least 4 members (excludes halogenated alkanes) is 1. The van der Waals surface area contributed by atoms with Crippen molar-refractivity contribution in [2.45, 2.75) is 38.5 Å². The molecule has 0 aromatic carbocycles. The minimum Gasteiger partial charge on any atom is -0.396 e. The number of halogens is 3. The van der Waals surface area contributed by atoms with Crippen molar-refractivity contribution in [1.29, 1.82) is 0 Å². The Morgan fingerprint density at radius 2 is 1.85 bits per heavy atom. The Balaban J connectivity index is 4.07. The van der Waals surface area contributed by atoms with E-state index in [1.165, 1.54) is 0 Å². The predicted molar refractivity (Wildman–Crippen MR) is 42.2 cm³/mol. The molecule has 0 bridgehead atoms. The second-order valence-electron chi connectivity index (χ2n) is 3.07. The van der Waals surface area contributed by atoms with Crippen LogP contribution in [0.4, 0.5) is 13.2 Å². The van der Waals surface area contributed by atoms with Gasteiger partial charge >= 0.3 is 6.18 Å². The van der Waals surface area contributed by atoms with E-state index < -0.39 is 24.8 Å². The molecule has 80 valence electrons. The molecule has 0 fully saturated rings. The average molecular weight is 200 g/mol. The minimum atomic E-state index is -4.62. The number of rotatable bonds is 5. The van der Waals surface area contributed by atoms with E-state index in [1.807, 2.05) is 6.92 Å². The van der Waals surface area contributed by atoms with Gasteiger partial charge in [0.25, 0.3) is 0 Å². The number of hydrogen-bond donors (Lipinski definition) is 2. The first kappa shape index (κ1) is 12.7. The Bertz CT molecular complexity index is 136. The van der Waals surface area contributed by atoms with E-state index in [-0.39, 0.29) is 6.42 Å². The van der Waals surface area contributed by atoms with Crippen LogP contribution in [-0.2, 0) is 0 Å². The van der Waals surface area contributed by atoms with Gasteiger partial charge in [-0.25, -0.2) is 0 Å². The molecule has 0 rings (SSSR count). The molecule has 0 aromatic heterocycles. The van der Waals surface area contributed by atoms with Crippen LogP contribution < -0.4 is 0 Å². The molecule has 0 aliphatic heterocycles. The topological polar surface area (TPSA) is 40.5 Å². The maximum absolute atomic E-state index is 12.0. The van der Waals surface area contributed by atoms with Crippen LogP contribution in [0, 0.1) is 5.92 Å². The summed E-state index contributed by atoms with van der Waals surface area (Å²) in [4.78, 5) is 0. The molecule has 0 amide bonds. The van der Waals surface area contributed by atoms with Gasteiger partial charge in [0.05, 0.1) is 0 Å². The molecule has 13 heavy (non-hydrogen) atoms. The molecular formula is C8H15F3O2. The van der Waals surface area contributed by atoms with Gasteiger partial charge in [-0.15, -0.1) is 0 Å². The molecule has 2 atom stereocenters. The molecule has 2 nitrogen and oxygen atoms in total. The molecule has 0 heterocycles. The zero-order valence-electron chi connectivity index (χ0n) is 7.51. The van der Waals surface area contributed by atoms with Gasteiger partial charge in [0.1, 0.15) is 0 Å². The molecule has 0 saturated heterocycles. The molecule has 5 heteroatoms. The maximum Gasteiger partial charge on any atom is 0.414 e. The van der Waals surface area contributed by atoms with Crippen LogP contribution in [0.25, 0.3) is 0 Å². The third kappa shape index (κ3) is 4.47. The van der Waals surface area contributed by atoms with Crippen LogP contribution in [0.1, 0.15) is 26.2 Å². The third-order valence-electron chi connectivity index (χ3n) is 1.94. The van der Waals surface area contributed by atoms with Crippen LogP contribution in [0.3, 0.4) is 0 Å². The summed E-state index contributed by atoms with van der Waals surface area (Å²) in [5.74, 6) is -1.08. The van der Waals surface area contributed by atoms with Crippen LogP contribution in [0.2, 0.25) is 0 Å². The Morgan fingerprint density at radius 3 is 2.15 bits per heavy atom. The Kier molecular flexibility index (Phi) is 5.32. The van der Waals surface area contributed by atoms with Crippen LogP contribution in [0.15, 0.2) is 0 Å². The van der Waals surface area contributed by atoms with E-state index >= 15 is 0 Å². The summed E-state index contributed by atoms with van der Waals surface area (Å²) >= 11 is 0. The summed E-state index contributed by atoms with van der Waals surface area (Å²) in [5, 5.41) is 17.4. The van der Waals surface area contributed by atoms with E-state index in [2.05, 4.69) is 0 Å². The van der Waals surface area contributed by atoms with E-state index in [1.54, 1.807) is 0 Å². The average Bonchev–Trinajstić information content (AvgIpc) is 2.04. The standard InChI is InChI=1S/C8H15F3O2/c1-2-3-4-6(5-12)7(13)8(9,10)11/h6-7,12-13H,2-5H2,1H3/t6-,7+/m0/s1. The van der Waals surface area contributed by atoms with Crippen molar-refractivity contribution in [3.05, 3.63) is 0 Å². The lowest BCUT2D eigenvalue weighted by atomic mass is 9.96. The first-order valence-corrected chi connectivity index (χ1v) is 4.29. The minimum absolute atomic E-state index is 0.202. The third-order valence-corrected chi connectivity index (χ3v) is 1.94. The lowest BCUT2D eigenvalue weighted by Crippen LogP contribution is -2.37. The second-order valence-corrected chi connectivity index (χ2v) is 3.07. The zero-order valence-corrected chi connectivity index (χ0v) is 7.51. The Morgan fingerprint density at radius 1 is 1.31 bits per heavy atom. The summed E-state index contributed by atoms with van der Waals surface area (Å²) in [6, 6.07) is 0. The maximum atomic E-state index is 12.0. The number of alkyl halides is 3. The van der Waals surface area contributed by atoms with Gasteiger partial charge in [-0.05, 0) is 6.42 Å². The van der Waals surface area contributed by atoms with Crippen molar-refractivity contribution in [3.8, 4) is 0 Å². The summed E-state index contributed by atoms with van der Waals surface area (Å²) in [6.45, 7) is 1.22. The van der Waals surface area contributed by atoms with E-state index in [9.17, 15) is 13.2 Å². The van der Waals surface area contributed by atoms with Gasteiger partial charge in [-0.2, -0.15) is 13.2 Å². The molecule has 2 N–H and O–H groups in total. The van der Waals surface area contributed by atoms with Gasteiger partial charge < -0.3 is 10.2 Å². The fourth-order valence-electron chi connectivity index (χ4n) is 1.08. The smallest absolute Gasteiger partial charge is 0.396 e. The van der Waals surface area contributed by atoms with Crippen molar-refractivity contribution in [1.82, 2.24) is 0 Å². The van der Waals surface area contributed by atoms with Crippen molar-refractivity contribution < 1.29 is 23.4 Å². The molecule has 0 radical (unpaired) electrons. The van der Waals surface area contributed by atoms with Crippen LogP contribution in [0.5, 0.6) is 0 Å². The van der Waals surface area contributed by atoms with Gasteiger partial charge in [-0.3, -0.25) is 0 Å². The first-order chi connectivity index (χ1) is 5.93. The Hall–Kier alpha value is -0.290. The predicted octanol–water partition coefficient (Wildman–Crippen LogP) is 1.71. The summed E-state index contributed by atoms with van der Waals surface area (Å²) < 4.78 is 35.9. The van der Waals surface area contributed by atoms with Gasteiger partial charge in [0, 0.05) is 12.5 Å². The zero-order chi connectivity index (χ0) is 10.5.